The zero-order chi connectivity index (χ0) is 32.4. The lowest BCUT2D eigenvalue weighted by molar-refractivity contribution is -0.154. The second kappa shape index (κ2) is 15.3. The lowest BCUT2D eigenvalue weighted by atomic mass is 9.87. The maximum absolute atomic E-state index is 14.2. The Kier molecular flexibility index (Phi) is 11.8. The number of halogens is 1. The van der Waals surface area contributed by atoms with E-state index < -0.39 is 59.2 Å². The molecule has 0 aliphatic carbocycles. The molecule has 8 N–H and O–H groups in total. The molecule has 0 spiro atoms. The first-order chi connectivity index (χ1) is 20.7. The average Bonchev–Trinajstić information content (AvgIpc) is 2.96. The van der Waals surface area contributed by atoms with E-state index in [0.29, 0.717) is 16.6 Å². The fourth-order valence-corrected chi connectivity index (χ4v) is 4.63. The van der Waals surface area contributed by atoms with E-state index in [1.165, 1.54) is 24.4 Å². The Balaban J connectivity index is 1.99. The number of hydrogen-bond acceptors (Lipinski definition) is 9. The van der Waals surface area contributed by atoms with Crippen LogP contribution in [0.1, 0.15) is 62.0 Å². The highest BCUT2D eigenvalue weighted by molar-refractivity contribution is 5.94. The SMILES string of the molecule is CC(C)(O)CCC(CC(OC(=O)C(N)CCC(N)=O)[C@H](Cc1cccc(F)c1)NC(=O)c1cnc2ccccc2n1)C(N)=O. The van der Waals surface area contributed by atoms with Gasteiger partial charge in [-0.25, -0.2) is 9.37 Å². The maximum Gasteiger partial charge on any atom is 0.323 e. The Bertz CT molecular complexity index is 1480. The zero-order valence-corrected chi connectivity index (χ0v) is 24.7. The topological polar surface area (TPSA) is 214 Å². The summed E-state index contributed by atoms with van der Waals surface area (Å²) in [5, 5.41) is 13.1. The highest BCUT2D eigenvalue weighted by Crippen LogP contribution is 2.24. The van der Waals surface area contributed by atoms with Crippen LogP contribution in [0.4, 0.5) is 4.39 Å². The number of carbonyl (C=O) groups is 4. The van der Waals surface area contributed by atoms with Crippen LogP contribution in [-0.4, -0.2) is 62.6 Å². The van der Waals surface area contributed by atoms with Crippen LogP contribution in [0.5, 0.6) is 0 Å². The summed E-state index contributed by atoms with van der Waals surface area (Å²) in [7, 11) is 0. The van der Waals surface area contributed by atoms with E-state index in [2.05, 4.69) is 15.3 Å². The number of ether oxygens (including phenoxy) is 1. The molecule has 3 amide bonds. The number of benzene rings is 2. The van der Waals surface area contributed by atoms with Crippen molar-refractivity contribution in [3.05, 3.63) is 71.8 Å². The van der Waals surface area contributed by atoms with Gasteiger partial charge in [-0.3, -0.25) is 24.2 Å². The second-order valence-corrected chi connectivity index (χ2v) is 11.4. The van der Waals surface area contributed by atoms with Crippen molar-refractivity contribution < 1.29 is 33.4 Å². The van der Waals surface area contributed by atoms with E-state index >= 15 is 0 Å². The summed E-state index contributed by atoms with van der Waals surface area (Å²) in [6, 6.07) is 10.4. The number of primary amides is 2. The standard InChI is InChI=1S/C31H39FN6O6/c1-31(2,43)13-12-19(28(35)40)16-26(44-30(42)21(33)10-11-27(34)39)24(15-18-6-5-7-20(32)14-18)38-29(41)25-17-36-22-8-3-4-9-23(22)37-25/h3-9,14,17,19,21,24,26,43H,10-13,15-16,33H2,1-2H3,(H2,34,39)(H2,35,40)(H,38,41)/t19?,21?,24-,26?/m0/s1. The summed E-state index contributed by atoms with van der Waals surface area (Å²) in [4.78, 5) is 59.0. The summed E-state index contributed by atoms with van der Waals surface area (Å²) in [5.74, 6) is -4.31. The molecule has 2 aromatic carbocycles. The van der Waals surface area contributed by atoms with E-state index in [9.17, 15) is 28.7 Å². The lowest BCUT2D eigenvalue weighted by Gasteiger charge is -2.31. The smallest absolute Gasteiger partial charge is 0.323 e. The van der Waals surface area contributed by atoms with Crippen molar-refractivity contribution in [2.45, 2.75) is 76.2 Å². The van der Waals surface area contributed by atoms with Gasteiger partial charge in [0.2, 0.25) is 11.8 Å². The predicted octanol–water partition coefficient (Wildman–Crippen LogP) is 1.66. The molecule has 1 aromatic heterocycles. The second-order valence-electron chi connectivity index (χ2n) is 11.4. The number of nitrogens with one attached hydrogen (secondary N) is 1. The van der Waals surface area contributed by atoms with Crippen LogP contribution >= 0.6 is 0 Å². The van der Waals surface area contributed by atoms with Crippen LogP contribution in [0.3, 0.4) is 0 Å². The number of rotatable bonds is 16. The number of esters is 1. The number of para-hydroxylation sites is 2. The monoisotopic (exact) mass is 610 g/mol. The van der Waals surface area contributed by atoms with Crippen LogP contribution in [0.15, 0.2) is 54.7 Å². The average molecular weight is 611 g/mol. The normalized spacial score (nSPS) is 14.3. The minimum absolute atomic E-state index is 0.0179. The van der Waals surface area contributed by atoms with Crippen molar-refractivity contribution in [2.75, 3.05) is 0 Å². The third-order valence-corrected chi connectivity index (χ3v) is 7.09. The highest BCUT2D eigenvalue weighted by Gasteiger charge is 2.34. The summed E-state index contributed by atoms with van der Waals surface area (Å²) in [6.07, 6.45) is 0.0335. The van der Waals surface area contributed by atoms with Crippen molar-refractivity contribution in [3.8, 4) is 0 Å². The number of amides is 3. The van der Waals surface area contributed by atoms with E-state index in [-0.39, 0.29) is 44.2 Å². The Labute approximate surface area is 254 Å². The third kappa shape index (κ3) is 10.7. The largest absolute Gasteiger partial charge is 0.459 e. The molecular weight excluding hydrogens is 571 g/mol. The van der Waals surface area contributed by atoms with Gasteiger partial charge < -0.3 is 32.4 Å². The maximum atomic E-state index is 14.2. The minimum atomic E-state index is -1.23. The summed E-state index contributed by atoms with van der Waals surface area (Å²) in [6.45, 7) is 3.16. The molecule has 1 heterocycles. The van der Waals surface area contributed by atoms with Gasteiger partial charge in [-0.05, 0) is 75.8 Å². The lowest BCUT2D eigenvalue weighted by Crippen LogP contribution is -2.50. The Morgan fingerprint density at radius 3 is 2.39 bits per heavy atom. The van der Waals surface area contributed by atoms with Gasteiger partial charge in [-0.1, -0.05) is 24.3 Å². The Morgan fingerprint density at radius 2 is 1.75 bits per heavy atom. The van der Waals surface area contributed by atoms with E-state index in [1.54, 1.807) is 44.2 Å². The van der Waals surface area contributed by atoms with Gasteiger partial charge in [0.1, 0.15) is 23.7 Å². The van der Waals surface area contributed by atoms with Crippen LogP contribution in [0.25, 0.3) is 11.0 Å². The third-order valence-electron chi connectivity index (χ3n) is 7.09. The zero-order valence-electron chi connectivity index (χ0n) is 24.7. The molecule has 236 valence electrons. The van der Waals surface area contributed by atoms with Crippen molar-refractivity contribution in [2.24, 2.45) is 23.1 Å². The highest BCUT2D eigenvalue weighted by atomic mass is 19.1. The number of carbonyl (C=O) groups excluding carboxylic acids is 4. The molecule has 0 aliphatic rings. The first kappa shape index (κ1) is 34.0. The molecule has 4 atom stereocenters. The van der Waals surface area contributed by atoms with Gasteiger partial charge in [0.15, 0.2) is 0 Å². The molecule has 3 aromatic rings. The number of nitrogens with two attached hydrogens (primary N) is 3. The first-order valence-electron chi connectivity index (χ1n) is 14.2. The molecule has 0 saturated heterocycles. The summed E-state index contributed by atoms with van der Waals surface area (Å²) < 4.78 is 20.0. The molecule has 44 heavy (non-hydrogen) atoms. The summed E-state index contributed by atoms with van der Waals surface area (Å²) >= 11 is 0. The van der Waals surface area contributed by atoms with Gasteiger partial charge in [0.25, 0.3) is 5.91 Å². The van der Waals surface area contributed by atoms with E-state index in [0.717, 1.165) is 0 Å². The van der Waals surface area contributed by atoms with Gasteiger partial charge in [-0.15, -0.1) is 0 Å². The van der Waals surface area contributed by atoms with Crippen LogP contribution in [-0.2, 0) is 25.5 Å². The molecule has 0 aliphatic heterocycles. The molecule has 3 rings (SSSR count). The van der Waals surface area contributed by atoms with Gasteiger partial charge >= 0.3 is 5.97 Å². The van der Waals surface area contributed by atoms with Gasteiger partial charge in [0.05, 0.1) is 28.9 Å². The number of hydrogen-bond donors (Lipinski definition) is 5. The first-order valence-corrected chi connectivity index (χ1v) is 14.2. The summed E-state index contributed by atoms with van der Waals surface area (Å²) in [5.41, 5.74) is 17.3. The van der Waals surface area contributed by atoms with Crippen molar-refractivity contribution in [1.82, 2.24) is 15.3 Å². The van der Waals surface area contributed by atoms with Gasteiger partial charge in [0, 0.05) is 12.3 Å². The molecule has 0 radical (unpaired) electrons. The van der Waals surface area contributed by atoms with Crippen LogP contribution in [0, 0.1) is 11.7 Å². The molecule has 0 saturated carbocycles. The number of aromatic nitrogens is 2. The van der Waals surface area contributed by atoms with Crippen LogP contribution in [0.2, 0.25) is 0 Å². The minimum Gasteiger partial charge on any atom is -0.459 e. The van der Waals surface area contributed by atoms with Crippen LogP contribution < -0.4 is 22.5 Å². The Morgan fingerprint density at radius 1 is 1.05 bits per heavy atom. The molecule has 0 fully saturated rings. The van der Waals surface area contributed by atoms with E-state index in [1.807, 2.05) is 0 Å². The van der Waals surface area contributed by atoms with Crippen molar-refractivity contribution in [1.29, 1.82) is 0 Å². The fourth-order valence-electron chi connectivity index (χ4n) is 4.63. The number of aliphatic hydroxyl groups is 1. The molecule has 12 nitrogen and oxygen atoms in total. The molecule has 0 bridgehead atoms. The fraction of sp³-hybridized carbons (Fsp3) is 0.419. The Hall–Kier alpha value is -4.49. The quantitative estimate of drug-likeness (QED) is 0.149. The predicted molar refractivity (Wildman–Crippen MR) is 160 cm³/mol. The van der Waals surface area contributed by atoms with E-state index in [4.69, 9.17) is 21.9 Å². The molecular formula is C31H39FN6O6. The number of nitrogens with zero attached hydrogens (tertiary/aromatic N) is 2. The molecule has 3 unspecified atom stereocenters. The van der Waals surface area contributed by atoms with Crippen molar-refractivity contribution in [3.63, 3.8) is 0 Å². The van der Waals surface area contributed by atoms with Gasteiger partial charge in [-0.2, -0.15) is 0 Å². The molecule has 13 heteroatoms. The van der Waals surface area contributed by atoms with Crippen molar-refractivity contribution >= 4 is 34.7 Å². The number of fused-ring (bicyclic) bond motifs is 1.